The molecule has 2 rings (SSSR count). The van der Waals surface area contributed by atoms with E-state index in [1.165, 1.54) is 0 Å². The van der Waals surface area contributed by atoms with Gasteiger partial charge in [-0.15, -0.1) is 0 Å². The van der Waals surface area contributed by atoms with Crippen molar-refractivity contribution in [3.05, 3.63) is 35.9 Å². The Morgan fingerprint density at radius 1 is 1.28 bits per heavy atom. The predicted molar refractivity (Wildman–Crippen MR) is 72.0 cm³/mol. The Kier molecular flexibility index (Phi) is 4.01. The van der Waals surface area contributed by atoms with Crippen LogP contribution in [0.5, 0.6) is 0 Å². The highest BCUT2D eigenvalue weighted by Crippen LogP contribution is 2.16. The molecule has 94 valence electrons. The number of carbonyl (C=O) groups is 1. The molecule has 0 saturated carbocycles. The van der Waals surface area contributed by atoms with Crippen molar-refractivity contribution in [2.24, 2.45) is 0 Å². The van der Waals surface area contributed by atoms with E-state index in [-0.39, 0.29) is 11.4 Å². The maximum Gasteiger partial charge on any atom is 0.296 e. The van der Waals surface area contributed by atoms with Crippen LogP contribution in [-0.4, -0.2) is 24.5 Å². The monoisotopic (exact) mass is 242 g/mol. The molecule has 0 bridgehead atoms. The van der Waals surface area contributed by atoms with Crippen molar-refractivity contribution >= 4 is 5.91 Å². The summed E-state index contributed by atoms with van der Waals surface area (Å²) in [6.45, 7) is 3.97. The highest BCUT2D eigenvalue weighted by molar-refractivity contribution is 5.94. The van der Waals surface area contributed by atoms with Crippen LogP contribution in [0.2, 0.25) is 0 Å². The van der Waals surface area contributed by atoms with E-state index in [1.54, 1.807) is 0 Å². The molecule has 1 aromatic carbocycles. The summed E-state index contributed by atoms with van der Waals surface area (Å²) >= 11 is 0. The molecule has 3 heteroatoms. The smallest absolute Gasteiger partial charge is 0.296 e. The highest BCUT2D eigenvalue weighted by atomic mass is 16.1. The molecule has 0 spiro atoms. The SMILES string of the molecule is CC1(NC(=O)C#Cc2ccccc2)CCNCC1. The number of rotatable bonds is 1. The van der Waals surface area contributed by atoms with Crippen LogP contribution in [0.3, 0.4) is 0 Å². The van der Waals surface area contributed by atoms with E-state index in [1.807, 2.05) is 30.3 Å². The lowest BCUT2D eigenvalue weighted by molar-refractivity contribution is -0.117. The minimum Gasteiger partial charge on any atom is -0.340 e. The second-order valence-electron chi connectivity index (χ2n) is 4.88. The summed E-state index contributed by atoms with van der Waals surface area (Å²) in [7, 11) is 0. The van der Waals surface area contributed by atoms with Gasteiger partial charge in [-0.2, -0.15) is 0 Å². The fourth-order valence-corrected chi connectivity index (χ4v) is 2.06. The molecular formula is C15H18N2O. The summed E-state index contributed by atoms with van der Waals surface area (Å²) in [4.78, 5) is 11.8. The fraction of sp³-hybridized carbons (Fsp3) is 0.400. The van der Waals surface area contributed by atoms with Gasteiger partial charge in [0.25, 0.3) is 5.91 Å². The number of hydrogen-bond donors (Lipinski definition) is 2. The first kappa shape index (κ1) is 12.7. The number of carbonyl (C=O) groups excluding carboxylic acids is 1. The Morgan fingerprint density at radius 3 is 2.61 bits per heavy atom. The van der Waals surface area contributed by atoms with Crippen molar-refractivity contribution in [3.8, 4) is 11.8 Å². The van der Waals surface area contributed by atoms with Crippen LogP contribution in [0, 0.1) is 11.8 Å². The van der Waals surface area contributed by atoms with Gasteiger partial charge < -0.3 is 10.6 Å². The van der Waals surface area contributed by atoms with Gasteiger partial charge in [0.2, 0.25) is 0 Å². The molecule has 2 N–H and O–H groups in total. The van der Waals surface area contributed by atoms with Crippen LogP contribution in [-0.2, 0) is 4.79 Å². The van der Waals surface area contributed by atoms with Gasteiger partial charge in [-0.25, -0.2) is 0 Å². The molecule has 1 saturated heterocycles. The van der Waals surface area contributed by atoms with Gasteiger partial charge in [0.1, 0.15) is 0 Å². The Hall–Kier alpha value is -1.79. The van der Waals surface area contributed by atoms with E-state index >= 15 is 0 Å². The fourth-order valence-electron chi connectivity index (χ4n) is 2.06. The first-order chi connectivity index (χ1) is 8.68. The lowest BCUT2D eigenvalue weighted by Gasteiger charge is -2.34. The molecule has 1 fully saturated rings. The van der Waals surface area contributed by atoms with Crippen LogP contribution >= 0.6 is 0 Å². The highest BCUT2D eigenvalue weighted by Gasteiger charge is 2.27. The number of piperidine rings is 1. The van der Waals surface area contributed by atoms with Crippen LogP contribution < -0.4 is 10.6 Å². The van der Waals surface area contributed by atoms with E-state index < -0.39 is 0 Å². The lowest BCUT2D eigenvalue weighted by atomic mass is 9.90. The Labute approximate surface area is 108 Å². The van der Waals surface area contributed by atoms with Crippen molar-refractivity contribution in [1.29, 1.82) is 0 Å². The second kappa shape index (κ2) is 5.70. The molecule has 0 radical (unpaired) electrons. The summed E-state index contributed by atoms with van der Waals surface area (Å²) in [5.41, 5.74) is 0.747. The third-order valence-electron chi connectivity index (χ3n) is 3.22. The topological polar surface area (TPSA) is 41.1 Å². The third kappa shape index (κ3) is 3.61. The van der Waals surface area contributed by atoms with Gasteiger partial charge in [0, 0.05) is 17.0 Å². The summed E-state index contributed by atoms with van der Waals surface area (Å²) in [6, 6.07) is 9.55. The Morgan fingerprint density at radius 2 is 1.94 bits per heavy atom. The van der Waals surface area contributed by atoms with Gasteiger partial charge in [0.05, 0.1) is 0 Å². The molecule has 18 heavy (non-hydrogen) atoms. The molecule has 1 aliphatic rings. The second-order valence-corrected chi connectivity index (χ2v) is 4.88. The summed E-state index contributed by atoms with van der Waals surface area (Å²) in [6.07, 6.45) is 1.90. The van der Waals surface area contributed by atoms with Crippen LogP contribution in [0.4, 0.5) is 0 Å². The average Bonchev–Trinajstić information content (AvgIpc) is 2.38. The van der Waals surface area contributed by atoms with Gasteiger partial charge in [-0.3, -0.25) is 4.79 Å². The van der Waals surface area contributed by atoms with Crippen LogP contribution in [0.1, 0.15) is 25.3 Å². The molecule has 0 unspecified atom stereocenters. The van der Waals surface area contributed by atoms with E-state index in [4.69, 9.17) is 0 Å². The zero-order valence-electron chi connectivity index (χ0n) is 10.6. The van der Waals surface area contributed by atoms with Gasteiger partial charge in [-0.05, 0) is 45.0 Å². The van der Waals surface area contributed by atoms with Crippen molar-refractivity contribution in [2.45, 2.75) is 25.3 Å². The zero-order chi connectivity index (χ0) is 12.8. The molecule has 1 amide bonds. The minimum absolute atomic E-state index is 0.117. The molecule has 0 aliphatic carbocycles. The first-order valence-electron chi connectivity index (χ1n) is 6.28. The molecule has 3 nitrogen and oxygen atoms in total. The minimum atomic E-state index is -0.191. The maximum atomic E-state index is 11.8. The predicted octanol–water partition coefficient (Wildman–Crippen LogP) is 1.30. The van der Waals surface area contributed by atoms with Crippen LogP contribution in [0.25, 0.3) is 0 Å². The molecule has 0 aromatic heterocycles. The Bertz CT molecular complexity index is 464. The number of amides is 1. The summed E-state index contributed by atoms with van der Waals surface area (Å²) in [5.74, 6) is 5.33. The van der Waals surface area contributed by atoms with Crippen molar-refractivity contribution < 1.29 is 4.79 Å². The average molecular weight is 242 g/mol. The summed E-state index contributed by atoms with van der Waals surface area (Å²) < 4.78 is 0. The zero-order valence-corrected chi connectivity index (χ0v) is 10.6. The van der Waals surface area contributed by atoms with Crippen molar-refractivity contribution in [3.63, 3.8) is 0 Å². The molecule has 1 heterocycles. The maximum absolute atomic E-state index is 11.8. The first-order valence-corrected chi connectivity index (χ1v) is 6.28. The summed E-state index contributed by atoms with van der Waals surface area (Å²) in [5, 5.41) is 6.30. The van der Waals surface area contributed by atoms with E-state index in [2.05, 4.69) is 29.4 Å². The number of hydrogen-bond acceptors (Lipinski definition) is 2. The quantitative estimate of drug-likeness (QED) is 0.729. The number of nitrogens with one attached hydrogen (secondary N) is 2. The van der Waals surface area contributed by atoms with Crippen molar-refractivity contribution in [2.75, 3.05) is 13.1 Å². The molecular weight excluding hydrogens is 224 g/mol. The van der Waals surface area contributed by atoms with Gasteiger partial charge in [-0.1, -0.05) is 24.1 Å². The van der Waals surface area contributed by atoms with Crippen molar-refractivity contribution in [1.82, 2.24) is 10.6 Å². The van der Waals surface area contributed by atoms with E-state index in [0.29, 0.717) is 0 Å². The van der Waals surface area contributed by atoms with Gasteiger partial charge >= 0.3 is 0 Å². The largest absolute Gasteiger partial charge is 0.340 e. The van der Waals surface area contributed by atoms with Gasteiger partial charge in [0.15, 0.2) is 0 Å². The molecule has 0 atom stereocenters. The standard InChI is InChI=1S/C15H18N2O/c1-15(9-11-16-12-10-15)17-14(18)8-7-13-5-3-2-4-6-13/h2-6,16H,9-12H2,1H3,(H,17,18). The number of benzene rings is 1. The van der Waals surface area contributed by atoms with E-state index in [0.717, 1.165) is 31.5 Å². The molecule has 1 aromatic rings. The third-order valence-corrected chi connectivity index (χ3v) is 3.22. The normalized spacial score (nSPS) is 17.4. The van der Waals surface area contributed by atoms with E-state index in [9.17, 15) is 4.79 Å². The Balaban J connectivity index is 1.95. The molecule has 1 aliphatic heterocycles. The van der Waals surface area contributed by atoms with Crippen LogP contribution in [0.15, 0.2) is 30.3 Å². The lowest BCUT2D eigenvalue weighted by Crippen LogP contribution is -2.52.